The van der Waals surface area contributed by atoms with E-state index >= 15 is 0 Å². The van der Waals surface area contributed by atoms with Crippen molar-refractivity contribution >= 4 is 44.0 Å². The first-order chi connectivity index (χ1) is 5.68. The third kappa shape index (κ3) is 1.24. The molecule has 2 aromatic heterocycles. The van der Waals surface area contributed by atoms with E-state index in [4.69, 9.17) is 0 Å². The fraction of sp³-hybridized carbons (Fsp3) is 0. The van der Waals surface area contributed by atoms with Crippen molar-refractivity contribution in [1.29, 1.82) is 0 Å². The number of pyridine rings is 1. The Labute approximate surface area is 90.0 Å². The molecule has 0 radical (unpaired) electrons. The average Bonchev–Trinajstić information content (AvgIpc) is 2.31. The van der Waals surface area contributed by atoms with Gasteiger partial charge < -0.3 is 0 Å². The fourth-order valence-electron chi connectivity index (χ4n) is 1.01. The smallest absolute Gasteiger partial charge is 0.151 e. The van der Waals surface area contributed by atoms with E-state index in [1.807, 2.05) is 0 Å². The summed E-state index contributed by atoms with van der Waals surface area (Å²) in [6.45, 7) is 0. The number of rotatable bonds is 0. The van der Waals surface area contributed by atoms with Crippen LogP contribution in [-0.4, -0.2) is 9.61 Å². The van der Waals surface area contributed by atoms with Gasteiger partial charge in [0.25, 0.3) is 0 Å². The first-order valence-electron chi connectivity index (χ1n) is 3.16. The molecule has 0 N–H and O–H groups in total. The molecular formula is C7H3BrFIN2. The Bertz CT molecular complexity index is 440. The van der Waals surface area contributed by atoms with E-state index in [1.165, 1.54) is 10.6 Å². The molecule has 0 aromatic carbocycles. The number of aromatic nitrogens is 2. The Hall–Kier alpha value is -0.170. The van der Waals surface area contributed by atoms with E-state index in [0.29, 0.717) is 9.99 Å². The standard InChI is InChI=1S/C7H3BrFIN2/c8-4-1-5(9)7-6(10)2-11-12(7)3-4/h1-3H. The summed E-state index contributed by atoms with van der Waals surface area (Å²) >= 11 is 5.24. The molecule has 0 aliphatic heterocycles. The molecule has 2 nitrogen and oxygen atoms in total. The first kappa shape index (κ1) is 8.43. The van der Waals surface area contributed by atoms with Crippen LogP contribution >= 0.6 is 38.5 Å². The zero-order valence-electron chi connectivity index (χ0n) is 5.76. The zero-order chi connectivity index (χ0) is 8.72. The van der Waals surface area contributed by atoms with Crippen molar-refractivity contribution in [2.75, 3.05) is 0 Å². The van der Waals surface area contributed by atoms with Crippen LogP contribution in [0.25, 0.3) is 5.52 Å². The van der Waals surface area contributed by atoms with Gasteiger partial charge in [0.2, 0.25) is 0 Å². The summed E-state index contributed by atoms with van der Waals surface area (Å²) in [6, 6.07) is 1.43. The number of halogens is 3. The highest BCUT2D eigenvalue weighted by Crippen LogP contribution is 2.20. The van der Waals surface area contributed by atoms with Gasteiger partial charge >= 0.3 is 0 Å². The SMILES string of the molecule is Fc1cc(Br)cn2ncc(I)c12. The van der Waals surface area contributed by atoms with Crippen molar-refractivity contribution in [2.24, 2.45) is 0 Å². The van der Waals surface area contributed by atoms with Gasteiger partial charge in [-0.05, 0) is 44.6 Å². The van der Waals surface area contributed by atoms with Crippen molar-refractivity contribution in [3.8, 4) is 0 Å². The maximum absolute atomic E-state index is 13.2. The summed E-state index contributed by atoms with van der Waals surface area (Å²) in [5.41, 5.74) is 0.527. The van der Waals surface area contributed by atoms with Crippen molar-refractivity contribution < 1.29 is 4.39 Å². The van der Waals surface area contributed by atoms with E-state index in [2.05, 4.69) is 43.6 Å². The quantitative estimate of drug-likeness (QED) is 0.674. The van der Waals surface area contributed by atoms with Crippen LogP contribution in [0.15, 0.2) is 22.9 Å². The predicted octanol–water partition coefficient (Wildman–Crippen LogP) is 2.84. The number of hydrogen-bond donors (Lipinski definition) is 0. The van der Waals surface area contributed by atoms with Gasteiger partial charge in [-0.25, -0.2) is 8.91 Å². The number of hydrogen-bond acceptors (Lipinski definition) is 1. The van der Waals surface area contributed by atoms with Crippen molar-refractivity contribution in [1.82, 2.24) is 9.61 Å². The lowest BCUT2D eigenvalue weighted by Gasteiger charge is -1.96. The fourth-order valence-corrected chi connectivity index (χ4v) is 2.03. The van der Waals surface area contributed by atoms with Crippen LogP contribution in [0.1, 0.15) is 0 Å². The van der Waals surface area contributed by atoms with Gasteiger partial charge in [-0.1, -0.05) is 0 Å². The molecule has 0 unspecified atom stereocenters. The molecule has 0 saturated heterocycles. The monoisotopic (exact) mass is 340 g/mol. The first-order valence-corrected chi connectivity index (χ1v) is 5.03. The van der Waals surface area contributed by atoms with Crippen molar-refractivity contribution in [3.63, 3.8) is 0 Å². The molecular weight excluding hydrogens is 338 g/mol. The van der Waals surface area contributed by atoms with Crippen LogP contribution in [0.3, 0.4) is 0 Å². The topological polar surface area (TPSA) is 17.3 Å². The summed E-state index contributed by atoms with van der Waals surface area (Å²) in [5.74, 6) is -0.258. The Balaban J connectivity index is 2.93. The minimum absolute atomic E-state index is 0.258. The molecule has 0 amide bonds. The van der Waals surface area contributed by atoms with Gasteiger partial charge in [0.05, 0.1) is 9.77 Å². The number of fused-ring (bicyclic) bond motifs is 1. The summed E-state index contributed by atoms with van der Waals surface area (Å²) in [7, 11) is 0. The Morgan fingerprint density at radius 2 is 2.33 bits per heavy atom. The maximum Gasteiger partial charge on any atom is 0.151 e. The second-order valence-corrected chi connectivity index (χ2v) is 4.37. The lowest BCUT2D eigenvalue weighted by Crippen LogP contribution is -1.90. The van der Waals surface area contributed by atoms with E-state index in [9.17, 15) is 4.39 Å². The highest BCUT2D eigenvalue weighted by Gasteiger charge is 2.07. The van der Waals surface area contributed by atoms with Crippen LogP contribution in [0, 0.1) is 9.39 Å². The molecule has 0 atom stereocenters. The normalized spacial score (nSPS) is 10.9. The lowest BCUT2D eigenvalue weighted by molar-refractivity contribution is 0.629. The molecule has 2 aromatic rings. The minimum Gasteiger partial charge on any atom is -0.236 e. The average molecular weight is 341 g/mol. The van der Waals surface area contributed by atoms with E-state index in [1.54, 1.807) is 12.4 Å². The van der Waals surface area contributed by atoms with Gasteiger partial charge in [-0.3, -0.25) is 0 Å². The largest absolute Gasteiger partial charge is 0.236 e. The Kier molecular flexibility index (Phi) is 2.07. The van der Waals surface area contributed by atoms with E-state index in [0.717, 1.165) is 3.57 Å². The van der Waals surface area contributed by atoms with Crippen LogP contribution < -0.4 is 0 Å². The molecule has 0 aliphatic rings. The predicted molar refractivity (Wildman–Crippen MR) is 55.6 cm³/mol. The summed E-state index contributed by atoms with van der Waals surface area (Å²) in [6.07, 6.45) is 3.35. The summed E-state index contributed by atoms with van der Waals surface area (Å²) < 4.78 is 16.3. The van der Waals surface area contributed by atoms with Crippen LogP contribution in [0.5, 0.6) is 0 Å². The molecule has 0 bridgehead atoms. The lowest BCUT2D eigenvalue weighted by atomic mass is 10.4. The third-order valence-electron chi connectivity index (χ3n) is 1.49. The molecule has 0 spiro atoms. The Morgan fingerprint density at radius 3 is 3.08 bits per heavy atom. The molecule has 0 aliphatic carbocycles. The van der Waals surface area contributed by atoms with Crippen molar-refractivity contribution in [2.45, 2.75) is 0 Å². The molecule has 2 rings (SSSR count). The van der Waals surface area contributed by atoms with E-state index in [-0.39, 0.29) is 5.82 Å². The second-order valence-electron chi connectivity index (χ2n) is 2.29. The molecule has 0 saturated carbocycles. The highest BCUT2D eigenvalue weighted by molar-refractivity contribution is 14.1. The molecule has 12 heavy (non-hydrogen) atoms. The Morgan fingerprint density at radius 1 is 1.58 bits per heavy atom. The van der Waals surface area contributed by atoms with E-state index < -0.39 is 0 Å². The molecule has 62 valence electrons. The molecule has 5 heteroatoms. The number of nitrogens with zero attached hydrogens (tertiary/aromatic N) is 2. The summed E-state index contributed by atoms with van der Waals surface area (Å²) in [5, 5.41) is 3.98. The molecule has 0 fully saturated rings. The second kappa shape index (κ2) is 2.95. The minimum atomic E-state index is -0.258. The van der Waals surface area contributed by atoms with Crippen LogP contribution in [0.2, 0.25) is 0 Å². The van der Waals surface area contributed by atoms with Gasteiger partial charge in [0.15, 0.2) is 5.82 Å². The zero-order valence-corrected chi connectivity index (χ0v) is 9.50. The van der Waals surface area contributed by atoms with Crippen LogP contribution in [-0.2, 0) is 0 Å². The maximum atomic E-state index is 13.2. The van der Waals surface area contributed by atoms with Gasteiger partial charge in [-0.15, -0.1) is 0 Å². The molecule has 2 heterocycles. The van der Waals surface area contributed by atoms with Gasteiger partial charge in [0, 0.05) is 10.7 Å². The van der Waals surface area contributed by atoms with Gasteiger partial charge in [-0.2, -0.15) is 5.10 Å². The summed E-state index contributed by atoms with van der Waals surface area (Å²) in [4.78, 5) is 0. The third-order valence-corrected chi connectivity index (χ3v) is 2.71. The van der Waals surface area contributed by atoms with Crippen molar-refractivity contribution in [3.05, 3.63) is 32.3 Å². The van der Waals surface area contributed by atoms with Crippen LogP contribution in [0.4, 0.5) is 4.39 Å². The highest BCUT2D eigenvalue weighted by atomic mass is 127. The van der Waals surface area contributed by atoms with Gasteiger partial charge in [0.1, 0.15) is 5.52 Å².